The Balaban J connectivity index is 1.38. The zero-order chi connectivity index (χ0) is 11.6. The summed E-state index contributed by atoms with van der Waals surface area (Å²) in [4.78, 5) is 2.71. The first-order chi connectivity index (χ1) is 8.36. The molecule has 3 aliphatic rings. The van der Waals surface area contributed by atoms with E-state index in [2.05, 4.69) is 10.2 Å². The van der Waals surface area contributed by atoms with Gasteiger partial charge >= 0.3 is 0 Å². The maximum Gasteiger partial charge on any atom is 0.00797 e. The highest BCUT2D eigenvalue weighted by atomic mass is 15.2. The molecule has 1 unspecified atom stereocenters. The first-order valence-corrected chi connectivity index (χ1v) is 7.82. The van der Waals surface area contributed by atoms with Gasteiger partial charge in [0.25, 0.3) is 0 Å². The third-order valence-corrected chi connectivity index (χ3v) is 5.24. The Morgan fingerprint density at radius 3 is 2.41 bits per heavy atom. The topological polar surface area (TPSA) is 15.3 Å². The molecule has 0 amide bonds. The van der Waals surface area contributed by atoms with Gasteiger partial charge in [-0.3, -0.25) is 0 Å². The van der Waals surface area contributed by atoms with Gasteiger partial charge in [-0.25, -0.2) is 0 Å². The Morgan fingerprint density at radius 1 is 1.00 bits per heavy atom. The van der Waals surface area contributed by atoms with E-state index < -0.39 is 0 Å². The van der Waals surface area contributed by atoms with Crippen molar-refractivity contribution in [1.29, 1.82) is 0 Å². The van der Waals surface area contributed by atoms with Crippen molar-refractivity contribution >= 4 is 0 Å². The van der Waals surface area contributed by atoms with Crippen LogP contribution in [0.1, 0.15) is 57.8 Å². The lowest BCUT2D eigenvalue weighted by Crippen LogP contribution is -2.56. The summed E-state index contributed by atoms with van der Waals surface area (Å²) < 4.78 is 0. The maximum atomic E-state index is 3.61. The van der Waals surface area contributed by atoms with E-state index >= 15 is 0 Å². The van der Waals surface area contributed by atoms with Gasteiger partial charge in [-0.05, 0) is 50.6 Å². The van der Waals surface area contributed by atoms with Gasteiger partial charge in [0.2, 0.25) is 0 Å². The number of hydrogen-bond donors (Lipinski definition) is 1. The summed E-state index contributed by atoms with van der Waals surface area (Å²) in [6, 6.07) is 0.834. The van der Waals surface area contributed by atoms with E-state index in [0.717, 1.165) is 11.5 Å². The molecule has 1 atom stereocenters. The van der Waals surface area contributed by atoms with Crippen LogP contribution in [-0.4, -0.2) is 37.1 Å². The molecule has 0 bridgehead atoms. The molecular weight excluding hydrogens is 208 g/mol. The minimum Gasteiger partial charge on any atom is -0.314 e. The van der Waals surface area contributed by atoms with Crippen LogP contribution >= 0.6 is 0 Å². The molecule has 1 N–H and O–H groups in total. The Labute approximate surface area is 106 Å². The van der Waals surface area contributed by atoms with Crippen LogP contribution < -0.4 is 5.32 Å². The van der Waals surface area contributed by atoms with Gasteiger partial charge < -0.3 is 10.2 Å². The van der Waals surface area contributed by atoms with Crippen molar-refractivity contribution in [3.8, 4) is 0 Å². The number of hydrogen-bond acceptors (Lipinski definition) is 2. The van der Waals surface area contributed by atoms with Gasteiger partial charge in [0.15, 0.2) is 0 Å². The first-order valence-electron chi connectivity index (χ1n) is 7.82. The summed E-state index contributed by atoms with van der Waals surface area (Å²) in [5.74, 6) is 0. The summed E-state index contributed by atoms with van der Waals surface area (Å²) in [7, 11) is 0. The molecule has 0 aromatic carbocycles. The summed E-state index contributed by atoms with van der Waals surface area (Å²) in [5, 5.41) is 3.61. The van der Waals surface area contributed by atoms with Crippen LogP contribution in [-0.2, 0) is 0 Å². The van der Waals surface area contributed by atoms with Crippen molar-refractivity contribution in [2.24, 2.45) is 5.41 Å². The van der Waals surface area contributed by atoms with Gasteiger partial charge in [-0.15, -0.1) is 0 Å². The monoisotopic (exact) mass is 236 g/mol. The molecular formula is C15H28N2. The fourth-order valence-corrected chi connectivity index (χ4v) is 4.20. The molecule has 2 aliphatic heterocycles. The van der Waals surface area contributed by atoms with Crippen LogP contribution in [0.5, 0.6) is 0 Å². The Kier molecular flexibility index (Phi) is 3.72. The quantitative estimate of drug-likeness (QED) is 0.810. The van der Waals surface area contributed by atoms with Crippen LogP contribution in [0.2, 0.25) is 0 Å². The molecule has 0 aromatic rings. The van der Waals surface area contributed by atoms with E-state index in [1.807, 2.05) is 0 Å². The highest BCUT2D eigenvalue weighted by Crippen LogP contribution is 2.42. The lowest BCUT2D eigenvalue weighted by atomic mass is 9.73. The highest BCUT2D eigenvalue weighted by Gasteiger charge is 2.42. The average Bonchev–Trinajstić information content (AvgIpc) is 2.68. The van der Waals surface area contributed by atoms with E-state index in [4.69, 9.17) is 0 Å². The van der Waals surface area contributed by atoms with E-state index in [1.165, 1.54) is 84.0 Å². The lowest BCUT2D eigenvalue weighted by Gasteiger charge is -2.51. The predicted molar refractivity (Wildman–Crippen MR) is 72.2 cm³/mol. The number of rotatable bonds is 3. The fraction of sp³-hybridized carbons (Fsp3) is 1.00. The molecule has 0 aromatic heterocycles. The molecule has 2 nitrogen and oxygen atoms in total. The summed E-state index contributed by atoms with van der Waals surface area (Å²) in [5.41, 5.74) is 0.763. The van der Waals surface area contributed by atoms with E-state index in [9.17, 15) is 0 Å². The van der Waals surface area contributed by atoms with Crippen molar-refractivity contribution in [2.45, 2.75) is 63.8 Å². The number of nitrogens with zero attached hydrogens (tertiary/aromatic N) is 1. The summed E-state index contributed by atoms with van der Waals surface area (Å²) in [6.45, 7) is 5.44. The molecule has 98 valence electrons. The number of likely N-dealkylation sites (tertiary alicyclic amines) is 1. The second-order valence-corrected chi connectivity index (χ2v) is 6.71. The smallest absolute Gasteiger partial charge is 0.00797 e. The van der Waals surface area contributed by atoms with Crippen molar-refractivity contribution in [3.63, 3.8) is 0 Å². The molecule has 1 saturated carbocycles. The first kappa shape index (κ1) is 12.0. The normalized spacial score (nSPS) is 33.5. The molecule has 17 heavy (non-hydrogen) atoms. The van der Waals surface area contributed by atoms with Crippen molar-refractivity contribution in [1.82, 2.24) is 10.2 Å². The zero-order valence-corrected chi connectivity index (χ0v) is 11.2. The van der Waals surface area contributed by atoms with Crippen LogP contribution in [0.4, 0.5) is 0 Å². The van der Waals surface area contributed by atoms with E-state index in [1.54, 1.807) is 0 Å². The van der Waals surface area contributed by atoms with Crippen LogP contribution in [0.3, 0.4) is 0 Å². The van der Waals surface area contributed by atoms with Gasteiger partial charge in [0.05, 0.1) is 0 Å². The van der Waals surface area contributed by atoms with Gasteiger partial charge in [0.1, 0.15) is 0 Å². The average molecular weight is 236 g/mol. The lowest BCUT2D eigenvalue weighted by molar-refractivity contribution is -0.0133. The summed E-state index contributed by atoms with van der Waals surface area (Å²) in [6.07, 6.45) is 13.2. The molecule has 3 fully saturated rings. The van der Waals surface area contributed by atoms with Crippen LogP contribution in [0.25, 0.3) is 0 Å². The molecule has 1 aliphatic carbocycles. The van der Waals surface area contributed by atoms with Gasteiger partial charge in [0, 0.05) is 19.1 Å². The van der Waals surface area contributed by atoms with Crippen LogP contribution in [0.15, 0.2) is 0 Å². The second kappa shape index (κ2) is 5.27. The largest absolute Gasteiger partial charge is 0.314 e. The van der Waals surface area contributed by atoms with Crippen molar-refractivity contribution in [2.75, 3.05) is 26.2 Å². The molecule has 2 heteroatoms. The molecule has 1 spiro atoms. The van der Waals surface area contributed by atoms with Crippen molar-refractivity contribution in [3.05, 3.63) is 0 Å². The fourth-order valence-electron chi connectivity index (χ4n) is 4.20. The third kappa shape index (κ3) is 2.85. The molecule has 0 radical (unpaired) electrons. The van der Waals surface area contributed by atoms with Gasteiger partial charge in [-0.2, -0.15) is 0 Å². The molecule has 3 rings (SSSR count). The number of nitrogens with one attached hydrogen (secondary N) is 1. The maximum absolute atomic E-state index is 3.61. The summed E-state index contributed by atoms with van der Waals surface area (Å²) >= 11 is 0. The minimum atomic E-state index is 0.763. The molecule has 2 heterocycles. The predicted octanol–water partition coefficient (Wildman–Crippen LogP) is 2.78. The Morgan fingerprint density at radius 2 is 1.76 bits per heavy atom. The standard InChI is InChI=1S/C15H28N2/c1-2-4-9-15(8-3-1)12-17(13-15)11-7-14-6-5-10-16-14/h14,16H,1-13H2. The van der Waals surface area contributed by atoms with Crippen molar-refractivity contribution < 1.29 is 0 Å². The Bertz CT molecular complexity index is 229. The van der Waals surface area contributed by atoms with Crippen LogP contribution in [0, 0.1) is 5.41 Å². The molecule has 2 saturated heterocycles. The van der Waals surface area contributed by atoms with E-state index in [0.29, 0.717) is 0 Å². The van der Waals surface area contributed by atoms with E-state index in [-0.39, 0.29) is 0 Å². The highest BCUT2D eigenvalue weighted by molar-refractivity contribution is 4.96. The SMILES string of the molecule is C1CCCC2(CC1)CN(CCC1CCCN1)C2. The third-order valence-electron chi connectivity index (χ3n) is 5.24. The second-order valence-electron chi connectivity index (χ2n) is 6.71. The Hall–Kier alpha value is -0.0800. The minimum absolute atomic E-state index is 0.763. The zero-order valence-electron chi connectivity index (χ0n) is 11.2. The van der Waals surface area contributed by atoms with Gasteiger partial charge in [-0.1, -0.05) is 25.7 Å².